The van der Waals surface area contributed by atoms with Gasteiger partial charge in [0.1, 0.15) is 6.33 Å². The molecular weight excluding hydrogens is 332 g/mol. The number of likely N-dealkylation sites (tertiary alicyclic amines) is 2. The Morgan fingerprint density at radius 3 is 2.96 bits per heavy atom. The van der Waals surface area contributed by atoms with Crippen LogP contribution < -0.4 is 0 Å². The predicted molar refractivity (Wildman–Crippen MR) is 94.4 cm³/mol. The molecule has 0 saturated carbocycles. The van der Waals surface area contributed by atoms with Crippen molar-refractivity contribution in [2.24, 2.45) is 5.92 Å². The van der Waals surface area contributed by atoms with Gasteiger partial charge >= 0.3 is 0 Å². The second-order valence-electron chi connectivity index (χ2n) is 7.40. The number of piperidine rings is 1. The van der Waals surface area contributed by atoms with Crippen LogP contribution in [0.3, 0.4) is 0 Å². The Morgan fingerprint density at radius 1 is 1.35 bits per heavy atom. The van der Waals surface area contributed by atoms with E-state index in [0.29, 0.717) is 37.5 Å². The molecule has 0 unspecified atom stereocenters. The number of aryl methyl sites for hydroxylation is 2. The van der Waals surface area contributed by atoms with E-state index in [1.165, 1.54) is 6.33 Å². The number of amides is 2. The molecule has 0 aromatic carbocycles. The fourth-order valence-electron chi connectivity index (χ4n) is 4.34. The number of fused-ring (bicyclic) bond motifs is 2. The zero-order valence-corrected chi connectivity index (χ0v) is 15.5. The molecule has 2 aliphatic rings. The van der Waals surface area contributed by atoms with Crippen LogP contribution in [0.15, 0.2) is 6.33 Å². The molecule has 8 heteroatoms. The highest BCUT2D eigenvalue weighted by molar-refractivity contribution is 5.80. The molecule has 2 atom stereocenters. The maximum atomic E-state index is 12.8. The van der Waals surface area contributed by atoms with Gasteiger partial charge in [-0.05, 0) is 38.2 Å². The van der Waals surface area contributed by atoms with Gasteiger partial charge < -0.3 is 9.80 Å². The lowest BCUT2D eigenvalue weighted by atomic mass is 9.92. The molecule has 26 heavy (non-hydrogen) atoms. The Balaban J connectivity index is 1.44. The van der Waals surface area contributed by atoms with E-state index in [2.05, 4.69) is 15.1 Å². The van der Waals surface area contributed by atoms with Gasteiger partial charge in [0.15, 0.2) is 0 Å². The first-order valence-electron chi connectivity index (χ1n) is 9.15. The molecule has 138 valence electrons. The van der Waals surface area contributed by atoms with Crippen LogP contribution in [-0.2, 0) is 16.0 Å². The highest BCUT2D eigenvalue weighted by Gasteiger charge is 2.41. The van der Waals surface area contributed by atoms with Crippen molar-refractivity contribution in [2.45, 2.75) is 45.6 Å². The summed E-state index contributed by atoms with van der Waals surface area (Å²) in [6.45, 7) is 5.34. The smallest absolute Gasteiger partial charge is 0.252 e. The quantitative estimate of drug-likeness (QED) is 0.810. The van der Waals surface area contributed by atoms with Crippen LogP contribution in [0.1, 0.15) is 36.2 Å². The summed E-state index contributed by atoms with van der Waals surface area (Å²) in [5.74, 6) is 1.34. The van der Waals surface area contributed by atoms with Crippen LogP contribution in [0.5, 0.6) is 0 Å². The normalized spacial score (nSPS) is 23.0. The lowest BCUT2D eigenvalue weighted by Crippen LogP contribution is -2.49. The lowest BCUT2D eigenvalue weighted by molar-refractivity contribution is -0.135. The van der Waals surface area contributed by atoms with Crippen molar-refractivity contribution >= 4 is 17.6 Å². The third-order valence-electron chi connectivity index (χ3n) is 5.98. The SMILES string of the molecule is Cc1nc2ncnn2c(C)c1CCC(=O)N1CC[C@@H]2CC(=O)N(C)[C@@H]2C1. The second kappa shape index (κ2) is 6.34. The van der Waals surface area contributed by atoms with Crippen LogP contribution in [0.25, 0.3) is 5.78 Å². The monoisotopic (exact) mass is 356 g/mol. The summed E-state index contributed by atoms with van der Waals surface area (Å²) >= 11 is 0. The number of aromatic nitrogens is 4. The maximum Gasteiger partial charge on any atom is 0.252 e. The van der Waals surface area contributed by atoms with Gasteiger partial charge in [0.2, 0.25) is 11.8 Å². The zero-order chi connectivity index (χ0) is 18.4. The second-order valence-corrected chi connectivity index (χ2v) is 7.40. The van der Waals surface area contributed by atoms with Crippen LogP contribution in [0.4, 0.5) is 0 Å². The number of carbonyl (C=O) groups excluding carboxylic acids is 2. The molecule has 2 aromatic rings. The number of likely N-dealkylation sites (N-methyl/N-ethyl adjacent to an activating group) is 1. The van der Waals surface area contributed by atoms with E-state index in [4.69, 9.17) is 0 Å². The number of carbonyl (C=O) groups is 2. The van der Waals surface area contributed by atoms with Crippen molar-refractivity contribution < 1.29 is 9.59 Å². The van der Waals surface area contributed by atoms with Crippen molar-refractivity contribution in [3.05, 3.63) is 23.3 Å². The van der Waals surface area contributed by atoms with E-state index in [0.717, 1.165) is 29.9 Å². The summed E-state index contributed by atoms with van der Waals surface area (Å²) in [7, 11) is 1.85. The molecule has 0 aliphatic carbocycles. The van der Waals surface area contributed by atoms with Crippen molar-refractivity contribution in [1.29, 1.82) is 0 Å². The van der Waals surface area contributed by atoms with Gasteiger partial charge in [0.25, 0.3) is 5.78 Å². The summed E-state index contributed by atoms with van der Waals surface area (Å²) in [6, 6.07) is 0.178. The van der Waals surface area contributed by atoms with Gasteiger partial charge in [-0.1, -0.05) is 0 Å². The van der Waals surface area contributed by atoms with Crippen molar-refractivity contribution in [2.75, 3.05) is 20.1 Å². The van der Waals surface area contributed by atoms with E-state index in [-0.39, 0.29) is 17.9 Å². The average molecular weight is 356 g/mol. The first-order valence-corrected chi connectivity index (χ1v) is 9.15. The lowest BCUT2D eigenvalue weighted by Gasteiger charge is -2.37. The van der Waals surface area contributed by atoms with Crippen molar-refractivity contribution in [1.82, 2.24) is 29.4 Å². The Morgan fingerprint density at radius 2 is 2.15 bits per heavy atom. The molecular formula is C18H24N6O2. The van der Waals surface area contributed by atoms with E-state index in [1.54, 1.807) is 4.52 Å². The fraction of sp³-hybridized carbons (Fsp3) is 0.611. The van der Waals surface area contributed by atoms with Gasteiger partial charge in [0.05, 0.1) is 6.04 Å². The minimum Gasteiger partial charge on any atom is -0.341 e. The summed E-state index contributed by atoms with van der Waals surface area (Å²) < 4.78 is 1.72. The zero-order valence-electron chi connectivity index (χ0n) is 15.5. The Kier molecular flexibility index (Phi) is 4.13. The molecule has 0 N–H and O–H groups in total. The maximum absolute atomic E-state index is 12.8. The molecule has 2 saturated heterocycles. The topological polar surface area (TPSA) is 83.7 Å². The van der Waals surface area contributed by atoms with Gasteiger partial charge in [-0.15, -0.1) is 0 Å². The molecule has 2 fully saturated rings. The number of rotatable bonds is 3. The first kappa shape index (κ1) is 16.9. The molecule has 0 bridgehead atoms. The van der Waals surface area contributed by atoms with E-state index in [9.17, 15) is 9.59 Å². The van der Waals surface area contributed by atoms with Crippen LogP contribution in [0.2, 0.25) is 0 Å². The summed E-state index contributed by atoms with van der Waals surface area (Å²) in [5.41, 5.74) is 2.94. The molecule has 8 nitrogen and oxygen atoms in total. The van der Waals surface area contributed by atoms with E-state index < -0.39 is 0 Å². The number of hydrogen-bond acceptors (Lipinski definition) is 5. The summed E-state index contributed by atoms with van der Waals surface area (Å²) in [6.07, 6.45) is 4.12. The largest absolute Gasteiger partial charge is 0.341 e. The number of hydrogen-bond donors (Lipinski definition) is 0. The van der Waals surface area contributed by atoms with Gasteiger partial charge in [-0.3, -0.25) is 9.59 Å². The Labute approximate surface area is 152 Å². The van der Waals surface area contributed by atoms with Gasteiger partial charge in [-0.25, -0.2) is 9.50 Å². The molecule has 4 heterocycles. The summed E-state index contributed by atoms with van der Waals surface area (Å²) in [4.78, 5) is 37.0. The molecule has 2 aliphatic heterocycles. The van der Waals surface area contributed by atoms with Crippen molar-refractivity contribution in [3.8, 4) is 0 Å². The highest BCUT2D eigenvalue weighted by atomic mass is 16.2. The van der Waals surface area contributed by atoms with Gasteiger partial charge in [-0.2, -0.15) is 10.1 Å². The molecule has 2 amide bonds. The molecule has 0 spiro atoms. The van der Waals surface area contributed by atoms with Crippen LogP contribution in [-0.4, -0.2) is 67.4 Å². The Hall–Kier alpha value is -2.51. The first-order chi connectivity index (χ1) is 12.5. The Bertz CT molecular complexity index is 876. The highest BCUT2D eigenvalue weighted by Crippen LogP contribution is 2.31. The fourth-order valence-corrected chi connectivity index (χ4v) is 4.34. The molecule has 4 rings (SSSR count). The number of nitrogens with zero attached hydrogens (tertiary/aromatic N) is 6. The predicted octanol–water partition coefficient (Wildman–Crippen LogP) is 0.753. The van der Waals surface area contributed by atoms with Crippen LogP contribution in [0, 0.1) is 19.8 Å². The van der Waals surface area contributed by atoms with Crippen molar-refractivity contribution in [3.63, 3.8) is 0 Å². The third kappa shape index (κ3) is 2.73. The average Bonchev–Trinajstić information content (AvgIpc) is 3.19. The van der Waals surface area contributed by atoms with Crippen LogP contribution >= 0.6 is 0 Å². The van der Waals surface area contributed by atoms with E-state index in [1.807, 2.05) is 30.7 Å². The minimum absolute atomic E-state index is 0.147. The van der Waals surface area contributed by atoms with E-state index >= 15 is 0 Å². The molecule has 0 radical (unpaired) electrons. The minimum atomic E-state index is 0.147. The summed E-state index contributed by atoms with van der Waals surface area (Å²) in [5, 5.41) is 4.20. The molecule has 2 aromatic heterocycles. The third-order valence-corrected chi connectivity index (χ3v) is 5.98. The standard InChI is InChI=1S/C18H24N6O2/c1-11-14(12(2)24-18(21-11)19-10-20-24)4-5-16(25)23-7-6-13-8-17(26)22(3)15(13)9-23/h10,13,15H,4-9H2,1-3H3/t13-,15-/m1/s1. The van der Waals surface area contributed by atoms with Gasteiger partial charge in [0, 0.05) is 44.4 Å².